The fourth-order valence-electron chi connectivity index (χ4n) is 1.85. The normalized spacial score (nSPS) is 23.0. The summed E-state index contributed by atoms with van der Waals surface area (Å²) < 4.78 is 0. The average molecular weight is 232 g/mol. The van der Waals surface area contributed by atoms with Crippen LogP contribution < -0.4 is 0 Å². The van der Waals surface area contributed by atoms with Gasteiger partial charge in [0.05, 0.1) is 5.56 Å². The molecule has 0 saturated carbocycles. The number of rotatable bonds is 1. The van der Waals surface area contributed by atoms with E-state index < -0.39 is 17.2 Å². The highest BCUT2D eigenvalue weighted by atomic mass is 16.4. The predicted molar refractivity (Wildman–Crippen MR) is 61.8 cm³/mol. The first-order valence-electron chi connectivity index (χ1n) is 5.18. The van der Waals surface area contributed by atoms with Gasteiger partial charge < -0.3 is 5.11 Å². The Balaban J connectivity index is 2.76. The van der Waals surface area contributed by atoms with Crippen LogP contribution in [-0.2, 0) is 4.79 Å². The van der Waals surface area contributed by atoms with E-state index in [-0.39, 0.29) is 5.71 Å². The van der Waals surface area contributed by atoms with Crippen LogP contribution in [0.15, 0.2) is 17.3 Å². The molecule has 5 heteroatoms. The number of carbonyl (C=O) groups excluding carboxylic acids is 1. The number of pyridine rings is 1. The molecule has 5 nitrogen and oxygen atoms in total. The molecule has 1 N–H and O–H groups in total. The Morgan fingerprint density at radius 1 is 1.41 bits per heavy atom. The zero-order chi connectivity index (χ0) is 12.8. The van der Waals surface area contributed by atoms with Gasteiger partial charge in [-0.3, -0.25) is 9.59 Å². The number of aliphatic imine (C=N–C) groups is 1. The van der Waals surface area contributed by atoms with Crippen molar-refractivity contribution in [1.82, 2.24) is 4.98 Å². The zero-order valence-electron chi connectivity index (χ0n) is 9.81. The summed E-state index contributed by atoms with van der Waals surface area (Å²) in [4.78, 5) is 31.7. The summed E-state index contributed by atoms with van der Waals surface area (Å²) in [7, 11) is 0. The highest BCUT2D eigenvalue weighted by Gasteiger charge is 2.48. The van der Waals surface area contributed by atoms with Gasteiger partial charge in [0.1, 0.15) is 0 Å². The number of ketones is 1. The van der Waals surface area contributed by atoms with Gasteiger partial charge >= 0.3 is 5.97 Å². The van der Waals surface area contributed by atoms with E-state index in [9.17, 15) is 14.7 Å². The molecule has 2 heterocycles. The lowest BCUT2D eigenvalue weighted by atomic mass is 9.76. The molecule has 0 radical (unpaired) electrons. The first kappa shape index (κ1) is 11.4. The molecule has 2 rings (SSSR count). The molecule has 1 aliphatic heterocycles. The number of carboxylic acid groups (broad SMARTS) is 1. The number of aliphatic carboxylic acids is 1. The molecule has 1 aromatic rings. The summed E-state index contributed by atoms with van der Waals surface area (Å²) in [6.07, 6.45) is 1.56. The topological polar surface area (TPSA) is 79.6 Å². The lowest BCUT2D eigenvalue weighted by Gasteiger charge is -2.28. The predicted octanol–water partition coefficient (Wildman–Crippen LogP) is 1.77. The van der Waals surface area contributed by atoms with Crippen LogP contribution in [0.1, 0.15) is 29.8 Å². The van der Waals surface area contributed by atoms with E-state index >= 15 is 0 Å². The molecular weight excluding hydrogens is 220 g/mol. The Labute approximate surface area is 98.2 Å². The summed E-state index contributed by atoms with van der Waals surface area (Å²) in [6.45, 7) is 4.67. The van der Waals surface area contributed by atoms with Crippen molar-refractivity contribution in [1.29, 1.82) is 0 Å². The highest BCUT2D eigenvalue weighted by Crippen LogP contribution is 2.36. The smallest absolute Gasteiger partial charge is 0.323 e. The molecule has 88 valence electrons. The number of carbonyl (C=O) groups is 2. The second kappa shape index (κ2) is 3.48. The second-order valence-electron chi connectivity index (χ2n) is 4.28. The molecule has 0 aromatic carbocycles. The molecule has 0 amide bonds. The van der Waals surface area contributed by atoms with E-state index in [1.807, 2.05) is 0 Å². The van der Waals surface area contributed by atoms with Crippen molar-refractivity contribution in [2.24, 2.45) is 10.4 Å². The van der Waals surface area contributed by atoms with Crippen LogP contribution in [0.4, 0.5) is 5.82 Å². The molecule has 0 fully saturated rings. The Bertz CT molecular complexity index is 563. The van der Waals surface area contributed by atoms with Crippen molar-refractivity contribution in [3.8, 4) is 0 Å². The number of aryl methyl sites for hydroxylation is 1. The van der Waals surface area contributed by atoms with Gasteiger partial charge in [-0.15, -0.1) is 0 Å². The quantitative estimate of drug-likeness (QED) is 0.748. The Kier molecular flexibility index (Phi) is 2.34. The van der Waals surface area contributed by atoms with Crippen molar-refractivity contribution in [2.75, 3.05) is 0 Å². The first-order valence-corrected chi connectivity index (χ1v) is 5.18. The van der Waals surface area contributed by atoms with Gasteiger partial charge in [0.2, 0.25) is 0 Å². The maximum Gasteiger partial charge on any atom is 0.323 e. The zero-order valence-corrected chi connectivity index (χ0v) is 9.81. The number of hydrogen-bond acceptors (Lipinski definition) is 4. The molecule has 0 aliphatic carbocycles. The summed E-state index contributed by atoms with van der Waals surface area (Å²) in [5.74, 6) is -1.32. The summed E-state index contributed by atoms with van der Waals surface area (Å²) in [6, 6.07) is 1.68. The van der Waals surface area contributed by atoms with Gasteiger partial charge in [-0.2, -0.15) is 0 Å². The monoisotopic (exact) mass is 232 g/mol. The van der Waals surface area contributed by atoms with Crippen molar-refractivity contribution in [2.45, 2.75) is 20.8 Å². The Morgan fingerprint density at radius 3 is 2.65 bits per heavy atom. The standard InChI is InChI=1S/C12H12N2O3/c1-6-4-5-13-10-8(6)9(15)12(3,11(16)17)7(2)14-10/h4-5H,1-3H3,(H,16,17). The van der Waals surface area contributed by atoms with E-state index in [0.29, 0.717) is 16.9 Å². The van der Waals surface area contributed by atoms with Gasteiger partial charge in [-0.25, -0.2) is 9.98 Å². The number of carboxylic acids is 1. The first-order chi connectivity index (χ1) is 7.89. The largest absolute Gasteiger partial charge is 0.480 e. The number of nitrogens with zero attached hydrogens (tertiary/aromatic N) is 2. The number of hydrogen-bond donors (Lipinski definition) is 1. The maximum absolute atomic E-state index is 12.3. The fourth-order valence-corrected chi connectivity index (χ4v) is 1.85. The summed E-state index contributed by atoms with van der Waals surface area (Å²) >= 11 is 0. The minimum Gasteiger partial charge on any atom is -0.480 e. The SMILES string of the molecule is CC1=Nc2nccc(C)c2C(=O)C1(C)C(=O)O. The van der Waals surface area contributed by atoms with Gasteiger partial charge in [0, 0.05) is 11.9 Å². The van der Waals surface area contributed by atoms with Crippen LogP contribution >= 0.6 is 0 Å². The lowest BCUT2D eigenvalue weighted by molar-refractivity contribution is -0.141. The van der Waals surface area contributed by atoms with Gasteiger partial charge in [0.25, 0.3) is 0 Å². The number of aromatic nitrogens is 1. The third kappa shape index (κ3) is 1.39. The van der Waals surface area contributed by atoms with E-state index in [0.717, 1.165) is 0 Å². The molecule has 1 unspecified atom stereocenters. The Hall–Kier alpha value is -2.04. The summed E-state index contributed by atoms with van der Waals surface area (Å²) in [5.41, 5.74) is -0.312. The molecule has 17 heavy (non-hydrogen) atoms. The third-order valence-electron chi connectivity index (χ3n) is 3.25. The van der Waals surface area contributed by atoms with Gasteiger partial charge in [-0.05, 0) is 32.4 Å². The van der Waals surface area contributed by atoms with Crippen molar-refractivity contribution in [3.05, 3.63) is 23.4 Å². The highest BCUT2D eigenvalue weighted by molar-refractivity contribution is 6.30. The lowest BCUT2D eigenvalue weighted by Crippen LogP contribution is -2.44. The molecular formula is C12H12N2O3. The van der Waals surface area contributed by atoms with Crippen molar-refractivity contribution < 1.29 is 14.7 Å². The van der Waals surface area contributed by atoms with E-state index in [2.05, 4.69) is 9.98 Å². The molecule has 1 aromatic heterocycles. The number of fused-ring (bicyclic) bond motifs is 1. The van der Waals surface area contributed by atoms with E-state index in [4.69, 9.17) is 0 Å². The molecule has 1 aliphatic rings. The third-order valence-corrected chi connectivity index (χ3v) is 3.25. The molecule has 1 atom stereocenters. The minimum absolute atomic E-state index is 0.264. The maximum atomic E-state index is 12.3. The van der Waals surface area contributed by atoms with Crippen LogP contribution in [0.5, 0.6) is 0 Å². The number of Topliss-reactive ketones (excluding diaryl/α,β-unsaturated/α-hetero) is 1. The van der Waals surface area contributed by atoms with Gasteiger partial charge in [0.15, 0.2) is 17.0 Å². The van der Waals surface area contributed by atoms with Crippen molar-refractivity contribution >= 4 is 23.3 Å². The average Bonchev–Trinajstić information content (AvgIpc) is 2.25. The molecule has 0 spiro atoms. The summed E-state index contributed by atoms with van der Waals surface area (Å²) in [5, 5.41) is 9.23. The van der Waals surface area contributed by atoms with Crippen LogP contribution in [0.2, 0.25) is 0 Å². The molecule has 0 bridgehead atoms. The van der Waals surface area contributed by atoms with Crippen LogP contribution in [-0.4, -0.2) is 27.6 Å². The fraction of sp³-hybridized carbons (Fsp3) is 0.333. The van der Waals surface area contributed by atoms with Crippen molar-refractivity contribution in [3.63, 3.8) is 0 Å². The minimum atomic E-state index is -1.58. The van der Waals surface area contributed by atoms with Gasteiger partial charge in [-0.1, -0.05) is 0 Å². The van der Waals surface area contributed by atoms with E-state index in [1.54, 1.807) is 26.1 Å². The molecule has 0 saturated heterocycles. The Morgan fingerprint density at radius 2 is 2.06 bits per heavy atom. The van der Waals surface area contributed by atoms with Crippen LogP contribution in [0, 0.1) is 12.3 Å². The van der Waals surface area contributed by atoms with Crippen LogP contribution in [0.25, 0.3) is 0 Å². The van der Waals surface area contributed by atoms with E-state index in [1.165, 1.54) is 6.92 Å². The second-order valence-corrected chi connectivity index (χ2v) is 4.28. The van der Waals surface area contributed by atoms with Crippen LogP contribution in [0.3, 0.4) is 0 Å².